The summed E-state index contributed by atoms with van der Waals surface area (Å²) in [5, 5.41) is 23.7. The van der Waals surface area contributed by atoms with E-state index < -0.39 is 27.1 Å². The topological polar surface area (TPSA) is 132 Å². The Morgan fingerprint density at radius 1 is 1.00 bits per heavy atom. The zero-order valence-corrected chi connectivity index (χ0v) is 19.0. The Hall–Kier alpha value is -4.28. The van der Waals surface area contributed by atoms with Gasteiger partial charge < -0.3 is 14.5 Å². The van der Waals surface area contributed by atoms with Crippen LogP contribution in [0.4, 0.5) is 17.2 Å². The second-order valence-electron chi connectivity index (χ2n) is 8.09. The number of nitro groups is 2. The molecule has 1 aliphatic heterocycles. The molecule has 1 fully saturated rings. The number of para-hydroxylation sites is 1. The first-order valence-corrected chi connectivity index (χ1v) is 10.6. The van der Waals surface area contributed by atoms with Crippen LogP contribution in [0.15, 0.2) is 36.4 Å². The van der Waals surface area contributed by atoms with Crippen molar-refractivity contribution in [2.75, 3.05) is 38.2 Å². The minimum Gasteiger partial charge on any atom is -0.494 e. The summed E-state index contributed by atoms with van der Waals surface area (Å²) in [4.78, 5) is 42.7. The zero-order chi connectivity index (χ0) is 24.6. The Morgan fingerprint density at radius 3 is 2.18 bits per heavy atom. The van der Waals surface area contributed by atoms with Gasteiger partial charge in [-0.15, -0.1) is 0 Å². The summed E-state index contributed by atoms with van der Waals surface area (Å²) in [6.07, 6.45) is 0. The van der Waals surface area contributed by atoms with Crippen molar-refractivity contribution in [1.82, 2.24) is 9.88 Å². The molecule has 3 aromatic rings. The van der Waals surface area contributed by atoms with Crippen LogP contribution in [-0.4, -0.2) is 58.9 Å². The lowest BCUT2D eigenvalue weighted by atomic mass is 10.1. The van der Waals surface area contributed by atoms with E-state index in [9.17, 15) is 25.0 Å². The fourth-order valence-electron chi connectivity index (χ4n) is 4.21. The summed E-state index contributed by atoms with van der Waals surface area (Å²) < 4.78 is 5.45. The first kappa shape index (κ1) is 22.9. The van der Waals surface area contributed by atoms with Gasteiger partial charge in [-0.25, -0.2) is 4.98 Å². The highest BCUT2D eigenvalue weighted by Crippen LogP contribution is 2.31. The standard InChI is InChI=1S/C23H23N5O6/c1-14-11-21(24-22-17(14)5-4-6-20(22)34-3)25-7-9-26(10-8-25)23(29)16-12-18(27(30)31)15(2)19(13-16)28(32)33/h4-6,11-13H,7-10H2,1-3H3. The third-order valence-corrected chi connectivity index (χ3v) is 6.10. The number of nitrogens with zero attached hydrogens (tertiary/aromatic N) is 5. The van der Waals surface area contributed by atoms with Gasteiger partial charge in [-0.3, -0.25) is 25.0 Å². The van der Waals surface area contributed by atoms with Crippen molar-refractivity contribution in [3.05, 3.63) is 73.3 Å². The van der Waals surface area contributed by atoms with Crippen LogP contribution in [0, 0.1) is 34.1 Å². The fourth-order valence-corrected chi connectivity index (χ4v) is 4.21. The molecule has 4 rings (SSSR count). The molecule has 1 amide bonds. The molecule has 0 bridgehead atoms. The van der Waals surface area contributed by atoms with Crippen molar-refractivity contribution >= 4 is 34.0 Å². The number of benzene rings is 2. The van der Waals surface area contributed by atoms with Crippen LogP contribution in [0.5, 0.6) is 5.75 Å². The first-order chi connectivity index (χ1) is 16.2. The molecule has 2 heterocycles. The third kappa shape index (κ3) is 4.07. The van der Waals surface area contributed by atoms with Crippen LogP contribution < -0.4 is 9.64 Å². The van der Waals surface area contributed by atoms with Crippen molar-refractivity contribution in [1.29, 1.82) is 0 Å². The Balaban J connectivity index is 1.56. The molecular formula is C23H23N5O6. The highest BCUT2D eigenvalue weighted by molar-refractivity contribution is 5.96. The average Bonchev–Trinajstić information content (AvgIpc) is 2.83. The first-order valence-electron chi connectivity index (χ1n) is 10.6. The van der Waals surface area contributed by atoms with E-state index in [-0.39, 0.29) is 11.1 Å². The van der Waals surface area contributed by atoms with E-state index in [0.717, 1.165) is 34.4 Å². The van der Waals surface area contributed by atoms with E-state index >= 15 is 0 Å². The molecular weight excluding hydrogens is 442 g/mol. The minimum absolute atomic E-state index is 0.0677. The molecule has 0 unspecified atom stereocenters. The quantitative estimate of drug-likeness (QED) is 0.412. The van der Waals surface area contributed by atoms with Crippen molar-refractivity contribution in [2.45, 2.75) is 13.8 Å². The van der Waals surface area contributed by atoms with Crippen LogP contribution in [-0.2, 0) is 0 Å². The smallest absolute Gasteiger partial charge is 0.279 e. The van der Waals surface area contributed by atoms with E-state index in [1.54, 1.807) is 12.0 Å². The number of piperazine rings is 1. The maximum atomic E-state index is 13.0. The Labute approximate surface area is 194 Å². The van der Waals surface area contributed by atoms with Gasteiger partial charge in [0.25, 0.3) is 17.3 Å². The monoisotopic (exact) mass is 465 g/mol. The molecule has 1 aliphatic rings. The highest BCUT2D eigenvalue weighted by atomic mass is 16.6. The van der Waals surface area contributed by atoms with Gasteiger partial charge in [-0.05, 0) is 31.5 Å². The van der Waals surface area contributed by atoms with Crippen LogP contribution >= 0.6 is 0 Å². The molecule has 11 nitrogen and oxygen atoms in total. The highest BCUT2D eigenvalue weighted by Gasteiger charge is 2.29. The number of hydrogen-bond acceptors (Lipinski definition) is 8. The van der Waals surface area contributed by atoms with Crippen LogP contribution in [0.25, 0.3) is 10.9 Å². The Kier molecular flexibility index (Phi) is 6.01. The van der Waals surface area contributed by atoms with Crippen molar-refractivity contribution in [2.24, 2.45) is 0 Å². The number of carbonyl (C=O) groups is 1. The SMILES string of the molecule is COc1cccc2c(C)cc(N3CCN(C(=O)c4cc([N+](=O)[O-])c(C)c([N+](=O)[O-])c4)CC3)nc12. The lowest BCUT2D eigenvalue weighted by molar-refractivity contribution is -0.395. The molecule has 0 aliphatic carbocycles. The van der Waals surface area contributed by atoms with Crippen molar-refractivity contribution in [3.8, 4) is 5.75 Å². The van der Waals surface area contributed by atoms with E-state index in [4.69, 9.17) is 9.72 Å². The predicted octanol–water partition coefficient (Wildman–Crippen LogP) is 3.64. The number of rotatable bonds is 5. The van der Waals surface area contributed by atoms with Gasteiger partial charge in [-0.2, -0.15) is 0 Å². The third-order valence-electron chi connectivity index (χ3n) is 6.10. The second-order valence-corrected chi connectivity index (χ2v) is 8.09. The molecule has 0 radical (unpaired) electrons. The van der Waals surface area contributed by atoms with Crippen molar-refractivity contribution < 1.29 is 19.4 Å². The fraction of sp³-hybridized carbons (Fsp3) is 0.304. The summed E-state index contributed by atoms with van der Waals surface area (Å²) in [7, 11) is 1.60. The Bertz CT molecular complexity index is 1280. The molecule has 2 aromatic carbocycles. The number of hydrogen-bond donors (Lipinski definition) is 0. The number of methoxy groups -OCH3 is 1. The minimum atomic E-state index is -0.709. The number of pyridine rings is 1. The van der Waals surface area contributed by atoms with Crippen LogP contribution in [0.1, 0.15) is 21.5 Å². The van der Waals surface area contributed by atoms with E-state index in [1.807, 2.05) is 31.2 Å². The number of amides is 1. The number of aryl methyl sites for hydroxylation is 1. The van der Waals surface area contributed by atoms with Gasteiger partial charge in [0.2, 0.25) is 0 Å². The van der Waals surface area contributed by atoms with E-state index in [1.165, 1.54) is 6.92 Å². The maximum absolute atomic E-state index is 13.0. The molecule has 1 saturated heterocycles. The van der Waals surface area contributed by atoms with E-state index in [0.29, 0.717) is 31.9 Å². The maximum Gasteiger partial charge on any atom is 0.279 e. The second kappa shape index (κ2) is 8.93. The number of nitro benzene ring substituents is 2. The lowest BCUT2D eigenvalue weighted by Crippen LogP contribution is -2.49. The molecule has 1 aromatic heterocycles. The van der Waals surface area contributed by atoms with Crippen LogP contribution in [0.3, 0.4) is 0 Å². The summed E-state index contributed by atoms with van der Waals surface area (Å²) >= 11 is 0. The molecule has 34 heavy (non-hydrogen) atoms. The van der Waals surface area contributed by atoms with Gasteiger partial charge in [0.1, 0.15) is 22.6 Å². The van der Waals surface area contributed by atoms with Gasteiger partial charge >= 0.3 is 0 Å². The molecule has 11 heteroatoms. The molecule has 0 spiro atoms. The van der Waals surface area contributed by atoms with Gasteiger partial charge in [0, 0.05) is 43.7 Å². The van der Waals surface area contributed by atoms with Gasteiger partial charge in [-0.1, -0.05) is 12.1 Å². The molecule has 0 saturated carbocycles. The van der Waals surface area contributed by atoms with Crippen molar-refractivity contribution in [3.63, 3.8) is 0 Å². The lowest BCUT2D eigenvalue weighted by Gasteiger charge is -2.35. The Morgan fingerprint density at radius 2 is 1.62 bits per heavy atom. The summed E-state index contributed by atoms with van der Waals surface area (Å²) in [5.41, 5.74) is 0.780. The van der Waals surface area contributed by atoms with Gasteiger partial charge in [0.15, 0.2) is 0 Å². The zero-order valence-electron chi connectivity index (χ0n) is 19.0. The number of aromatic nitrogens is 1. The number of fused-ring (bicyclic) bond motifs is 1. The largest absolute Gasteiger partial charge is 0.494 e. The van der Waals surface area contributed by atoms with Crippen LogP contribution in [0.2, 0.25) is 0 Å². The number of ether oxygens (including phenoxy) is 1. The average molecular weight is 465 g/mol. The normalized spacial score (nSPS) is 13.7. The molecule has 176 valence electrons. The molecule has 0 atom stereocenters. The summed E-state index contributed by atoms with van der Waals surface area (Å²) in [5.74, 6) is 0.970. The summed E-state index contributed by atoms with van der Waals surface area (Å²) in [6.45, 7) is 4.99. The molecule has 0 N–H and O–H groups in total. The summed E-state index contributed by atoms with van der Waals surface area (Å²) in [6, 6.07) is 9.97. The number of anilines is 1. The van der Waals surface area contributed by atoms with Gasteiger partial charge in [0.05, 0.1) is 22.5 Å². The predicted molar refractivity (Wildman–Crippen MR) is 126 cm³/mol. The van der Waals surface area contributed by atoms with E-state index in [2.05, 4.69) is 4.90 Å². The number of carbonyl (C=O) groups excluding carboxylic acids is 1.